The lowest BCUT2D eigenvalue weighted by atomic mass is 10.3. The molecule has 0 saturated carbocycles. The second kappa shape index (κ2) is 5.72. The first-order valence-electron chi connectivity index (χ1n) is 6.51. The molecule has 7 heteroatoms. The van der Waals surface area contributed by atoms with Crippen LogP contribution in [-0.2, 0) is 0 Å². The summed E-state index contributed by atoms with van der Waals surface area (Å²) in [4.78, 5) is 6.72. The molecule has 0 aliphatic rings. The van der Waals surface area contributed by atoms with Gasteiger partial charge in [0.25, 0.3) is 0 Å². The van der Waals surface area contributed by atoms with Gasteiger partial charge in [-0.05, 0) is 26.0 Å². The predicted molar refractivity (Wildman–Crippen MR) is 86.4 cm³/mol. The Kier molecular flexibility index (Phi) is 3.79. The Hall–Kier alpha value is -1.73. The van der Waals surface area contributed by atoms with E-state index in [9.17, 15) is 0 Å². The van der Waals surface area contributed by atoms with Crippen molar-refractivity contribution < 1.29 is 0 Å². The van der Waals surface area contributed by atoms with Crippen molar-refractivity contribution in [3.63, 3.8) is 0 Å². The van der Waals surface area contributed by atoms with Crippen molar-refractivity contribution >= 4 is 48.3 Å². The van der Waals surface area contributed by atoms with E-state index in [1.807, 2.05) is 18.2 Å². The lowest BCUT2D eigenvalue weighted by Crippen LogP contribution is -2.21. The van der Waals surface area contributed by atoms with E-state index >= 15 is 0 Å². The van der Waals surface area contributed by atoms with Crippen LogP contribution in [0.15, 0.2) is 24.3 Å². The third-order valence-corrected chi connectivity index (χ3v) is 4.81. The fourth-order valence-electron chi connectivity index (χ4n) is 1.91. The van der Waals surface area contributed by atoms with Crippen LogP contribution in [0.1, 0.15) is 13.8 Å². The third kappa shape index (κ3) is 2.59. The Morgan fingerprint density at radius 2 is 1.85 bits per heavy atom. The Bertz CT molecular complexity index is 668. The summed E-state index contributed by atoms with van der Waals surface area (Å²) in [5, 5.41) is 14.2. The van der Waals surface area contributed by atoms with Crippen molar-refractivity contribution in [1.82, 2.24) is 15.2 Å². The van der Waals surface area contributed by atoms with Crippen LogP contribution in [0.2, 0.25) is 0 Å². The van der Waals surface area contributed by atoms with Crippen molar-refractivity contribution in [2.75, 3.05) is 23.3 Å². The van der Waals surface area contributed by atoms with Gasteiger partial charge in [0.1, 0.15) is 0 Å². The monoisotopic (exact) mass is 305 g/mol. The molecular formula is C13H15N5S2. The molecule has 3 aromatic rings. The molecular weight excluding hydrogens is 290 g/mol. The van der Waals surface area contributed by atoms with Gasteiger partial charge in [-0.1, -0.05) is 34.8 Å². The average Bonchev–Trinajstić information content (AvgIpc) is 3.07. The molecule has 1 N–H and O–H groups in total. The second-order valence-electron chi connectivity index (χ2n) is 4.17. The minimum absolute atomic E-state index is 0.783. The van der Waals surface area contributed by atoms with Gasteiger partial charge in [-0.15, -0.1) is 10.2 Å². The minimum Gasteiger partial charge on any atom is -0.347 e. The lowest BCUT2D eigenvalue weighted by Gasteiger charge is -2.15. The van der Waals surface area contributed by atoms with Gasteiger partial charge in [0, 0.05) is 13.1 Å². The SMILES string of the molecule is CCN(CC)c1nnc(Nc2nc3ccccc3s2)s1. The van der Waals surface area contributed by atoms with Crippen LogP contribution < -0.4 is 10.2 Å². The average molecular weight is 305 g/mol. The van der Waals surface area contributed by atoms with Gasteiger partial charge in [0.15, 0.2) is 5.13 Å². The first-order chi connectivity index (χ1) is 9.80. The molecule has 0 amide bonds. The van der Waals surface area contributed by atoms with Gasteiger partial charge >= 0.3 is 0 Å². The standard InChI is InChI=1S/C13H15N5S2/c1-3-18(4-2)13-17-16-12(20-13)15-11-14-9-7-5-6-8-10(9)19-11/h5-8H,3-4H2,1-2H3,(H,14,15,16). The molecule has 104 valence electrons. The van der Waals surface area contributed by atoms with Crippen LogP contribution in [0, 0.1) is 0 Å². The number of fused-ring (bicyclic) bond motifs is 1. The number of nitrogens with one attached hydrogen (secondary N) is 1. The smallest absolute Gasteiger partial charge is 0.213 e. The molecule has 20 heavy (non-hydrogen) atoms. The summed E-state index contributed by atoms with van der Waals surface area (Å²) in [6, 6.07) is 8.10. The summed E-state index contributed by atoms with van der Waals surface area (Å²) < 4.78 is 1.17. The zero-order chi connectivity index (χ0) is 13.9. The maximum Gasteiger partial charge on any atom is 0.213 e. The van der Waals surface area contributed by atoms with Gasteiger partial charge in [-0.2, -0.15) is 0 Å². The summed E-state index contributed by atoms with van der Waals surface area (Å²) in [5.41, 5.74) is 1.01. The normalized spacial score (nSPS) is 10.9. The molecule has 0 saturated heterocycles. The summed E-state index contributed by atoms with van der Waals surface area (Å²) in [7, 11) is 0. The number of rotatable bonds is 5. The summed E-state index contributed by atoms with van der Waals surface area (Å²) >= 11 is 3.18. The van der Waals surface area contributed by atoms with E-state index in [4.69, 9.17) is 0 Å². The summed E-state index contributed by atoms with van der Waals surface area (Å²) in [6.07, 6.45) is 0. The minimum atomic E-state index is 0.783. The number of nitrogens with zero attached hydrogens (tertiary/aromatic N) is 4. The maximum atomic E-state index is 4.54. The van der Waals surface area contributed by atoms with E-state index in [0.717, 1.165) is 34.0 Å². The van der Waals surface area contributed by atoms with Gasteiger partial charge in [0.05, 0.1) is 10.2 Å². The highest BCUT2D eigenvalue weighted by atomic mass is 32.1. The summed E-state index contributed by atoms with van der Waals surface area (Å²) in [6.45, 7) is 6.11. The molecule has 0 atom stereocenters. The van der Waals surface area contributed by atoms with Crippen molar-refractivity contribution in [3.05, 3.63) is 24.3 Å². The van der Waals surface area contributed by atoms with Gasteiger partial charge in [0.2, 0.25) is 10.3 Å². The van der Waals surface area contributed by atoms with Crippen molar-refractivity contribution in [1.29, 1.82) is 0 Å². The van der Waals surface area contributed by atoms with Crippen molar-refractivity contribution in [2.24, 2.45) is 0 Å². The van der Waals surface area contributed by atoms with Crippen molar-refractivity contribution in [3.8, 4) is 0 Å². The van der Waals surface area contributed by atoms with Crippen LogP contribution in [0.25, 0.3) is 10.2 Å². The first kappa shape index (κ1) is 13.3. The zero-order valence-electron chi connectivity index (χ0n) is 11.3. The number of hydrogen-bond acceptors (Lipinski definition) is 7. The van der Waals surface area contributed by atoms with E-state index in [1.165, 1.54) is 4.70 Å². The van der Waals surface area contributed by atoms with Crippen LogP contribution in [0.3, 0.4) is 0 Å². The van der Waals surface area contributed by atoms with Crippen molar-refractivity contribution in [2.45, 2.75) is 13.8 Å². The molecule has 0 spiro atoms. The predicted octanol–water partition coefficient (Wildman–Crippen LogP) is 3.74. The zero-order valence-corrected chi connectivity index (χ0v) is 13.0. The molecule has 3 rings (SSSR count). The molecule has 2 aromatic heterocycles. The molecule has 0 unspecified atom stereocenters. The molecule has 0 radical (unpaired) electrons. The molecule has 0 bridgehead atoms. The number of thiazole rings is 1. The molecule has 0 aliphatic carbocycles. The van der Waals surface area contributed by atoms with Crippen LogP contribution in [0.5, 0.6) is 0 Å². The number of hydrogen-bond donors (Lipinski definition) is 1. The van der Waals surface area contributed by atoms with Crippen LogP contribution in [0.4, 0.5) is 15.4 Å². The Balaban J connectivity index is 1.80. The van der Waals surface area contributed by atoms with Gasteiger partial charge in [-0.25, -0.2) is 4.98 Å². The highest BCUT2D eigenvalue weighted by Gasteiger charge is 2.11. The number of para-hydroxylation sites is 1. The molecule has 5 nitrogen and oxygen atoms in total. The number of anilines is 3. The van der Waals surface area contributed by atoms with Crippen LogP contribution in [-0.4, -0.2) is 28.3 Å². The van der Waals surface area contributed by atoms with Crippen LogP contribution >= 0.6 is 22.7 Å². The quantitative estimate of drug-likeness (QED) is 0.778. The fraction of sp³-hybridized carbons (Fsp3) is 0.308. The first-order valence-corrected chi connectivity index (χ1v) is 8.14. The molecule has 0 fully saturated rings. The highest BCUT2D eigenvalue weighted by Crippen LogP contribution is 2.31. The Labute approximate surface area is 125 Å². The van der Waals surface area contributed by atoms with E-state index < -0.39 is 0 Å². The molecule has 1 aromatic carbocycles. The highest BCUT2D eigenvalue weighted by molar-refractivity contribution is 7.23. The van der Waals surface area contributed by atoms with E-state index in [0.29, 0.717) is 0 Å². The van der Waals surface area contributed by atoms with E-state index in [1.54, 1.807) is 22.7 Å². The topological polar surface area (TPSA) is 53.9 Å². The number of aromatic nitrogens is 3. The largest absolute Gasteiger partial charge is 0.347 e. The Morgan fingerprint density at radius 3 is 2.60 bits per heavy atom. The summed E-state index contributed by atoms with van der Waals surface area (Å²) in [5.74, 6) is 0. The Morgan fingerprint density at radius 1 is 1.05 bits per heavy atom. The molecule has 2 heterocycles. The third-order valence-electron chi connectivity index (χ3n) is 2.96. The van der Waals surface area contributed by atoms with E-state index in [2.05, 4.69) is 45.3 Å². The second-order valence-corrected chi connectivity index (χ2v) is 6.16. The van der Waals surface area contributed by atoms with Gasteiger partial charge < -0.3 is 10.2 Å². The van der Waals surface area contributed by atoms with Gasteiger partial charge in [-0.3, -0.25) is 0 Å². The lowest BCUT2D eigenvalue weighted by molar-refractivity contribution is 0.846. The van der Waals surface area contributed by atoms with E-state index in [-0.39, 0.29) is 0 Å². The maximum absolute atomic E-state index is 4.54. The fourth-order valence-corrected chi connectivity index (χ4v) is 3.71. The number of benzene rings is 1. The molecule has 0 aliphatic heterocycles.